The second-order valence-electron chi connectivity index (χ2n) is 6.04. The predicted octanol–water partition coefficient (Wildman–Crippen LogP) is 3.15. The van der Waals surface area contributed by atoms with Gasteiger partial charge in [0, 0.05) is 6.54 Å². The van der Waals surface area contributed by atoms with E-state index in [4.69, 9.17) is 10.5 Å². The van der Waals surface area contributed by atoms with Crippen LogP contribution in [0.2, 0.25) is 0 Å². The van der Waals surface area contributed by atoms with Gasteiger partial charge in [-0.3, -0.25) is 9.89 Å². The van der Waals surface area contributed by atoms with E-state index in [1.165, 1.54) is 18.4 Å². The summed E-state index contributed by atoms with van der Waals surface area (Å²) in [5.41, 5.74) is 7.26. The Labute approximate surface area is 163 Å². The molecule has 6 heteroatoms. The van der Waals surface area contributed by atoms with Crippen LogP contribution >= 0.6 is 24.0 Å². The summed E-state index contributed by atoms with van der Waals surface area (Å²) >= 11 is 0. The van der Waals surface area contributed by atoms with Crippen LogP contribution in [0.15, 0.2) is 29.3 Å². The Morgan fingerprint density at radius 3 is 2.54 bits per heavy atom. The summed E-state index contributed by atoms with van der Waals surface area (Å²) in [4.78, 5) is 7.07. The zero-order valence-corrected chi connectivity index (χ0v) is 17.2. The molecule has 1 aliphatic heterocycles. The zero-order valence-electron chi connectivity index (χ0n) is 14.8. The molecular formula is C18H31IN4O. The maximum atomic E-state index is 5.99. The van der Waals surface area contributed by atoms with Gasteiger partial charge in [0.25, 0.3) is 0 Å². The minimum atomic E-state index is 0. The summed E-state index contributed by atoms with van der Waals surface area (Å²) in [5, 5.41) is 3.19. The summed E-state index contributed by atoms with van der Waals surface area (Å²) in [5.74, 6) is 1.44. The zero-order chi connectivity index (χ0) is 16.5. The molecule has 2 rings (SSSR count). The topological polar surface area (TPSA) is 62.9 Å². The van der Waals surface area contributed by atoms with Crippen molar-refractivity contribution in [3.05, 3.63) is 29.8 Å². The number of halogens is 1. The molecule has 0 saturated carbocycles. The number of benzene rings is 1. The Hall–Kier alpha value is -1.02. The van der Waals surface area contributed by atoms with Crippen molar-refractivity contribution in [3.63, 3.8) is 0 Å². The number of unbranched alkanes of at least 4 members (excludes halogenated alkanes) is 1. The molecule has 1 unspecified atom stereocenters. The third-order valence-corrected chi connectivity index (χ3v) is 4.35. The van der Waals surface area contributed by atoms with Crippen LogP contribution in [0.5, 0.6) is 5.75 Å². The quantitative estimate of drug-likeness (QED) is 0.279. The van der Waals surface area contributed by atoms with Crippen molar-refractivity contribution in [2.75, 3.05) is 33.3 Å². The van der Waals surface area contributed by atoms with Crippen molar-refractivity contribution in [1.82, 2.24) is 10.2 Å². The van der Waals surface area contributed by atoms with Crippen LogP contribution in [-0.2, 0) is 0 Å². The van der Waals surface area contributed by atoms with Gasteiger partial charge in [0.2, 0.25) is 0 Å². The van der Waals surface area contributed by atoms with Crippen molar-refractivity contribution in [3.8, 4) is 5.75 Å². The van der Waals surface area contributed by atoms with E-state index in [2.05, 4.69) is 34.3 Å². The standard InChI is InChI=1S/C18H30N4O.HI/c1-3-4-11-20-18(19)21-14-17(22-12-5-6-13-22)15-7-9-16(23-2)10-8-15;/h7-10,17H,3-6,11-14H2,1-2H3,(H3,19,20,21);1H. The highest BCUT2D eigenvalue weighted by atomic mass is 127. The van der Waals surface area contributed by atoms with Gasteiger partial charge >= 0.3 is 0 Å². The molecule has 24 heavy (non-hydrogen) atoms. The lowest BCUT2D eigenvalue weighted by atomic mass is 10.1. The number of rotatable bonds is 8. The van der Waals surface area contributed by atoms with Crippen LogP contribution in [0, 0.1) is 0 Å². The minimum absolute atomic E-state index is 0. The highest BCUT2D eigenvalue weighted by Gasteiger charge is 2.23. The molecule has 1 aromatic carbocycles. The summed E-state index contributed by atoms with van der Waals surface area (Å²) in [6.45, 7) is 6.02. The van der Waals surface area contributed by atoms with Crippen LogP contribution in [0.1, 0.15) is 44.2 Å². The van der Waals surface area contributed by atoms with Crippen LogP contribution in [0.3, 0.4) is 0 Å². The smallest absolute Gasteiger partial charge is 0.188 e. The molecule has 0 aliphatic carbocycles. The molecule has 0 aromatic heterocycles. The normalized spacial score (nSPS) is 16.5. The first-order chi connectivity index (χ1) is 11.2. The summed E-state index contributed by atoms with van der Waals surface area (Å²) in [6, 6.07) is 8.60. The Balaban J connectivity index is 0.00000288. The number of methoxy groups -OCH3 is 1. The van der Waals surface area contributed by atoms with E-state index < -0.39 is 0 Å². The molecule has 1 aromatic rings. The highest BCUT2D eigenvalue weighted by Crippen LogP contribution is 2.26. The van der Waals surface area contributed by atoms with Crippen molar-refractivity contribution >= 4 is 29.9 Å². The van der Waals surface area contributed by atoms with Crippen molar-refractivity contribution < 1.29 is 4.74 Å². The fourth-order valence-corrected chi connectivity index (χ4v) is 2.94. The molecule has 136 valence electrons. The molecule has 0 radical (unpaired) electrons. The number of nitrogens with two attached hydrogens (primary N) is 1. The third-order valence-electron chi connectivity index (χ3n) is 4.35. The second-order valence-corrected chi connectivity index (χ2v) is 6.04. The molecule has 0 amide bonds. The highest BCUT2D eigenvalue weighted by molar-refractivity contribution is 14.0. The first-order valence-electron chi connectivity index (χ1n) is 8.66. The number of hydrogen-bond acceptors (Lipinski definition) is 3. The number of hydrogen-bond donors (Lipinski definition) is 2. The average Bonchev–Trinajstić information content (AvgIpc) is 3.10. The van der Waals surface area contributed by atoms with Gasteiger partial charge in [0.1, 0.15) is 5.75 Å². The maximum Gasteiger partial charge on any atom is 0.188 e. The van der Waals surface area contributed by atoms with Crippen molar-refractivity contribution in [2.24, 2.45) is 10.7 Å². The molecule has 0 spiro atoms. The lowest BCUT2D eigenvalue weighted by Crippen LogP contribution is -2.34. The first kappa shape index (κ1) is 21.0. The van der Waals surface area contributed by atoms with E-state index in [0.717, 1.165) is 38.2 Å². The minimum Gasteiger partial charge on any atom is -0.497 e. The van der Waals surface area contributed by atoms with Gasteiger partial charge in [-0.25, -0.2) is 0 Å². The number of nitrogens with zero attached hydrogens (tertiary/aromatic N) is 2. The van der Waals surface area contributed by atoms with Crippen LogP contribution in [0.4, 0.5) is 0 Å². The Bertz CT molecular complexity index is 486. The fraction of sp³-hybridized carbons (Fsp3) is 0.611. The number of nitrogens with one attached hydrogen (secondary N) is 1. The van der Waals surface area contributed by atoms with Gasteiger partial charge in [0.15, 0.2) is 5.96 Å². The summed E-state index contributed by atoms with van der Waals surface area (Å²) in [7, 11) is 1.69. The van der Waals surface area contributed by atoms with Gasteiger partial charge in [-0.1, -0.05) is 25.5 Å². The molecule has 1 aliphatic rings. The van der Waals surface area contributed by atoms with Crippen molar-refractivity contribution in [2.45, 2.75) is 38.6 Å². The maximum absolute atomic E-state index is 5.99. The summed E-state index contributed by atoms with van der Waals surface area (Å²) in [6.07, 6.45) is 4.80. The van der Waals surface area contributed by atoms with Gasteiger partial charge in [-0.15, -0.1) is 24.0 Å². The van der Waals surface area contributed by atoms with Gasteiger partial charge in [0.05, 0.1) is 19.7 Å². The molecule has 1 heterocycles. The number of ether oxygens (including phenoxy) is 1. The van der Waals surface area contributed by atoms with E-state index in [0.29, 0.717) is 12.5 Å². The number of aliphatic imine (C=N–C) groups is 1. The Morgan fingerprint density at radius 2 is 1.96 bits per heavy atom. The molecule has 5 nitrogen and oxygen atoms in total. The molecule has 1 saturated heterocycles. The van der Waals surface area contributed by atoms with E-state index in [-0.39, 0.29) is 30.0 Å². The Morgan fingerprint density at radius 1 is 1.29 bits per heavy atom. The molecule has 1 fully saturated rings. The van der Waals surface area contributed by atoms with E-state index in [1.54, 1.807) is 7.11 Å². The van der Waals surface area contributed by atoms with Gasteiger partial charge in [-0.05, 0) is 50.0 Å². The van der Waals surface area contributed by atoms with Gasteiger partial charge in [-0.2, -0.15) is 0 Å². The fourth-order valence-electron chi connectivity index (χ4n) is 2.94. The lowest BCUT2D eigenvalue weighted by molar-refractivity contribution is 0.251. The SMILES string of the molecule is CCCCNC(N)=NCC(c1ccc(OC)cc1)N1CCCC1.I. The lowest BCUT2D eigenvalue weighted by Gasteiger charge is -2.27. The van der Waals surface area contributed by atoms with Crippen molar-refractivity contribution in [1.29, 1.82) is 0 Å². The van der Waals surface area contributed by atoms with Crippen LogP contribution in [0.25, 0.3) is 0 Å². The molecule has 1 atom stereocenters. The first-order valence-corrected chi connectivity index (χ1v) is 8.66. The molecule has 0 bridgehead atoms. The second kappa shape index (κ2) is 11.5. The van der Waals surface area contributed by atoms with E-state index in [9.17, 15) is 0 Å². The largest absolute Gasteiger partial charge is 0.497 e. The third kappa shape index (κ3) is 6.47. The predicted molar refractivity (Wildman–Crippen MR) is 111 cm³/mol. The number of likely N-dealkylation sites (tertiary alicyclic amines) is 1. The average molecular weight is 446 g/mol. The van der Waals surface area contributed by atoms with E-state index in [1.807, 2.05) is 12.1 Å². The summed E-state index contributed by atoms with van der Waals surface area (Å²) < 4.78 is 5.26. The van der Waals surface area contributed by atoms with Crippen LogP contribution < -0.4 is 15.8 Å². The van der Waals surface area contributed by atoms with E-state index >= 15 is 0 Å². The Kier molecular flexibility index (Phi) is 10.1. The van der Waals surface area contributed by atoms with Gasteiger partial charge < -0.3 is 15.8 Å². The number of guanidine groups is 1. The monoisotopic (exact) mass is 446 g/mol. The van der Waals surface area contributed by atoms with Crippen LogP contribution in [-0.4, -0.2) is 44.1 Å². The molecular weight excluding hydrogens is 415 g/mol. The molecule has 3 N–H and O–H groups in total.